The highest BCUT2D eigenvalue weighted by molar-refractivity contribution is 7.20. The van der Waals surface area contributed by atoms with Gasteiger partial charge in [-0.1, -0.05) is 23.2 Å². The van der Waals surface area contributed by atoms with Gasteiger partial charge in [0.05, 0.1) is 15.6 Å². The molecule has 0 unspecified atom stereocenters. The SMILES string of the molecule is NC1(c2nc(-c3cc(Cl)sc3Cl)cs2)CCC1. The van der Waals surface area contributed by atoms with Gasteiger partial charge in [-0.2, -0.15) is 0 Å². The molecule has 0 aromatic carbocycles. The van der Waals surface area contributed by atoms with Gasteiger partial charge in [0.1, 0.15) is 9.34 Å². The minimum Gasteiger partial charge on any atom is -0.319 e. The molecule has 2 nitrogen and oxygen atoms in total. The lowest BCUT2D eigenvalue weighted by Gasteiger charge is -2.35. The predicted molar refractivity (Wildman–Crippen MR) is 75.2 cm³/mol. The molecule has 17 heavy (non-hydrogen) atoms. The van der Waals surface area contributed by atoms with E-state index < -0.39 is 0 Å². The number of hydrogen-bond acceptors (Lipinski definition) is 4. The number of hydrogen-bond donors (Lipinski definition) is 1. The summed E-state index contributed by atoms with van der Waals surface area (Å²) in [6, 6.07) is 1.86. The van der Waals surface area contributed by atoms with E-state index in [2.05, 4.69) is 4.98 Å². The fraction of sp³-hybridized carbons (Fsp3) is 0.364. The van der Waals surface area contributed by atoms with Gasteiger partial charge in [-0.3, -0.25) is 0 Å². The summed E-state index contributed by atoms with van der Waals surface area (Å²) in [4.78, 5) is 4.61. The van der Waals surface area contributed by atoms with E-state index in [9.17, 15) is 0 Å². The van der Waals surface area contributed by atoms with E-state index in [0.717, 1.165) is 29.1 Å². The quantitative estimate of drug-likeness (QED) is 0.886. The molecular weight excluding hydrogens is 295 g/mol. The van der Waals surface area contributed by atoms with Crippen molar-refractivity contribution in [2.45, 2.75) is 24.8 Å². The van der Waals surface area contributed by atoms with E-state index in [0.29, 0.717) is 8.67 Å². The van der Waals surface area contributed by atoms with Gasteiger partial charge in [0.2, 0.25) is 0 Å². The van der Waals surface area contributed by atoms with E-state index in [1.54, 1.807) is 11.3 Å². The highest BCUT2D eigenvalue weighted by Crippen LogP contribution is 2.43. The van der Waals surface area contributed by atoms with Gasteiger partial charge in [0, 0.05) is 10.9 Å². The Bertz CT molecular complexity index is 558. The van der Waals surface area contributed by atoms with Crippen molar-refractivity contribution in [3.63, 3.8) is 0 Å². The van der Waals surface area contributed by atoms with Crippen LogP contribution in [0.5, 0.6) is 0 Å². The van der Waals surface area contributed by atoms with Crippen LogP contribution in [-0.4, -0.2) is 4.98 Å². The molecule has 1 aliphatic rings. The zero-order chi connectivity index (χ0) is 12.0. The van der Waals surface area contributed by atoms with Crippen molar-refractivity contribution >= 4 is 45.9 Å². The van der Waals surface area contributed by atoms with Crippen LogP contribution in [0.3, 0.4) is 0 Å². The van der Waals surface area contributed by atoms with Gasteiger partial charge in [-0.15, -0.1) is 22.7 Å². The number of thiophene rings is 1. The van der Waals surface area contributed by atoms with Crippen molar-refractivity contribution < 1.29 is 0 Å². The average molecular weight is 305 g/mol. The first-order chi connectivity index (χ1) is 8.08. The van der Waals surface area contributed by atoms with E-state index >= 15 is 0 Å². The number of thiazole rings is 1. The van der Waals surface area contributed by atoms with Crippen LogP contribution in [0.25, 0.3) is 11.3 Å². The third kappa shape index (κ3) is 2.02. The predicted octanol–water partition coefficient (Wildman–Crippen LogP) is 4.52. The molecular formula is C11H10Cl2N2S2. The Kier molecular flexibility index (Phi) is 2.96. The van der Waals surface area contributed by atoms with Crippen LogP contribution in [0.1, 0.15) is 24.3 Å². The van der Waals surface area contributed by atoms with Gasteiger partial charge in [0.15, 0.2) is 0 Å². The molecule has 0 amide bonds. The van der Waals surface area contributed by atoms with E-state index in [4.69, 9.17) is 28.9 Å². The number of halogens is 2. The van der Waals surface area contributed by atoms with Crippen LogP contribution in [-0.2, 0) is 5.54 Å². The monoisotopic (exact) mass is 304 g/mol. The van der Waals surface area contributed by atoms with Crippen molar-refractivity contribution in [1.29, 1.82) is 0 Å². The summed E-state index contributed by atoms with van der Waals surface area (Å²) in [7, 11) is 0. The Balaban J connectivity index is 1.97. The fourth-order valence-corrected chi connectivity index (χ4v) is 4.39. The van der Waals surface area contributed by atoms with Crippen molar-refractivity contribution in [1.82, 2.24) is 4.98 Å². The summed E-state index contributed by atoms with van der Waals surface area (Å²) in [5.41, 5.74) is 7.84. The number of nitrogens with zero attached hydrogens (tertiary/aromatic N) is 1. The Labute approximate surface area is 117 Å². The standard InChI is InChI=1S/C11H10Cl2N2S2/c12-8-4-6(9(13)17-8)7-5-16-10(15-7)11(14)2-1-3-11/h4-5H,1-3,14H2. The highest BCUT2D eigenvalue weighted by atomic mass is 35.5. The topological polar surface area (TPSA) is 38.9 Å². The van der Waals surface area contributed by atoms with Crippen molar-refractivity contribution in [3.8, 4) is 11.3 Å². The lowest BCUT2D eigenvalue weighted by Crippen LogP contribution is -2.43. The van der Waals surface area contributed by atoms with E-state index in [1.165, 1.54) is 17.8 Å². The molecule has 1 saturated carbocycles. The molecule has 2 heterocycles. The summed E-state index contributed by atoms with van der Waals surface area (Å²) in [5.74, 6) is 0. The van der Waals surface area contributed by atoms with Gasteiger partial charge in [-0.05, 0) is 25.3 Å². The van der Waals surface area contributed by atoms with Gasteiger partial charge < -0.3 is 5.73 Å². The third-order valence-electron chi connectivity index (χ3n) is 3.11. The van der Waals surface area contributed by atoms with Crippen LogP contribution in [0.4, 0.5) is 0 Å². The maximum Gasteiger partial charge on any atom is 0.113 e. The molecule has 6 heteroatoms. The van der Waals surface area contributed by atoms with Crippen LogP contribution >= 0.6 is 45.9 Å². The molecule has 2 aromatic rings. The molecule has 1 fully saturated rings. The average Bonchev–Trinajstić information content (AvgIpc) is 2.81. The minimum atomic E-state index is -0.199. The van der Waals surface area contributed by atoms with Crippen LogP contribution < -0.4 is 5.73 Å². The smallest absolute Gasteiger partial charge is 0.113 e. The van der Waals surface area contributed by atoms with Gasteiger partial charge >= 0.3 is 0 Å². The largest absolute Gasteiger partial charge is 0.319 e. The zero-order valence-corrected chi connectivity index (χ0v) is 12.0. The van der Waals surface area contributed by atoms with Crippen molar-refractivity contribution in [2.75, 3.05) is 0 Å². The fourth-order valence-electron chi connectivity index (χ4n) is 1.91. The number of rotatable bonds is 2. The third-order valence-corrected chi connectivity index (χ3v) is 5.66. The molecule has 0 atom stereocenters. The second-order valence-corrected chi connectivity index (χ2v) is 7.43. The Morgan fingerprint density at radius 3 is 2.65 bits per heavy atom. The lowest BCUT2D eigenvalue weighted by molar-refractivity contribution is 0.253. The normalized spacial score (nSPS) is 18.1. The molecule has 2 aromatic heterocycles. The number of aromatic nitrogens is 1. The maximum atomic E-state index is 6.25. The lowest BCUT2D eigenvalue weighted by atomic mass is 9.78. The summed E-state index contributed by atoms with van der Waals surface area (Å²) in [6.07, 6.45) is 3.24. The molecule has 0 radical (unpaired) electrons. The molecule has 0 saturated heterocycles. The van der Waals surface area contributed by atoms with Crippen LogP contribution in [0.15, 0.2) is 11.4 Å². The summed E-state index contributed by atoms with van der Waals surface area (Å²) < 4.78 is 1.37. The summed E-state index contributed by atoms with van der Waals surface area (Å²) >= 11 is 15.0. The van der Waals surface area contributed by atoms with Crippen molar-refractivity contribution in [3.05, 3.63) is 25.1 Å². The molecule has 1 aliphatic carbocycles. The van der Waals surface area contributed by atoms with Crippen LogP contribution in [0, 0.1) is 0 Å². The molecule has 3 rings (SSSR count). The first-order valence-corrected chi connectivity index (χ1v) is 7.74. The molecule has 90 valence electrons. The molecule has 0 bridgehead atoms. The molecule has 2 N–H and O–H groups in total. The van der Waals surface area contributed by atoms with Crippen LogP contribution in [0.2, 0.25) is 8.67 Å². The summed E-state index contributed by atoms with van der Waals surface area (Å²) in [5, 5.41) is 3.02. The maximum absolute atomic E-state index is 6.25. The first-order valence-electron chi connectivity index (χ1n) is 5.29. The minimum absolute atomic E-state index is 0.199. The number of nitrogens with two attached hydrogens (primary N) is 1. The van der Waals surface area contributed by atoms with Gasteiger partial charge in [-0.25, -0.2) is 4.98 Å². The zero-order valence-electron chi connectivity index (χ0n) is 8.87. The van der Waals surface area contributed by atoms with Crippen molar-refractivity contribution in [2.24, 2.45) is 5.73 Å². The first kappa shape index (κ1) is 11.9. The summed E-state index contributed by atoms with van der Waals surface area (Å²) in [6.45, 7) is 0. The molecule has 0 spiro atoms. The Morgan fingerprint density at radius 1 is 1.35 bits per heavy atom. The molecule has 0 aliphatic heterocycles. The highest BCUT2D eigenvalue weighted by Gasteiger charge is 2.37. The Morgan fingerprint density at radius 2 is 2.12 bits per heavy atom. The second kappa shape index (κ2) is 4.21. The second-order valence-electron chi connectivity index (χ2n) is 4.29. The van der Waals surface area contributed by atoms with E-state index in [1.807, 2.05) is 11.4 Å². The Hall–Kier alpha value is -0.130. The van der Waals surface area contributed by atoms with Gasteiger partial charge in [0.25, 0.3) is 0 Å². The van der Waals surface area contributed by atoms with E-state index in [-0.39, 0.29) is 5.54 Å².